The van der Waals surface area contributed by atoms with Gasteiger partial charge in [-0.05, 0) is 45.1 Å². The SMILES string of the molecule is CCOC(=O)[C@H](CCc1ccccc1)N[C@@H](C)C(=O)N1[CH]CCC1. The number of hydrogen-bond acceptors (Lipinski definition) is 4. The average Bonchev–Trinajstić information content (AvgIpc) is 3.13. The molecule has 131 valence electrons. The van der Waals surface area contributed by atoms with Crippen molar-refractivity contribution in [2.75, 3.05) is 13.2 Å². The molecule has 0 aromatic heterocycles. The standard InChI is InChI=1S/C19H27N2O3/c1-3-24-19(23)17(12-11-16-9-5-4-6-10-16)20-15(2)18(22)21-13-7-8-14-21/h4-6,9-10,13,15,17,20H,3,7-8,11-12,14H2,1-2H3/t15-,17-/m0/s1. The van der Waals surface area contributed by atoms with E-state index in [0.29, 0.717) is 13.0 Å². The number of amides is 1. The smallest absolute Gasteiger partial charge is 0.323 e. The maximum atomic E-state index is 12.4. The summed E-state index contributed by atoms with van der Waals surface area (Å²) >= 11 is 0. The summed E-state index contributed by atoms with van der Waals surface area (Å²) in [6.45, 7) is 6.64. The molecule has 0 unspecified atom stereocenters. The molecule has 1 amide bonds. The van der Waals surface area contributed by atoms with Gasteiger partial charge in [0.2, 0.25) is 5.91 Å². The Morgan fingerprint density at radius 2 is 2.04 bits per heavy atom. The Labute approximate surface area is 144 Å². The van der Waals surface area contributed by atoms with Crippen LogP contribution in [0, 0.1) is 6.54 Å². The quantitative estimate of drug-likeness (QED) is 0.743. The maximum Gasteiger partial charge on any atom is 0.323 e. The molecule has 24 heavy (non-hydrogen) atoms. The van der Waals surface area contributed by atoms with Gasteiger partial charge in [-0.1, -0.05) is 30.3 Å². The molecule has 1 N–H and O–H groups in total. The summed E-state index contributed by atoms with van der Waals surface area (Å²) < 4.78 is 5.16. The Morgan fingerprint density at radius 3 is 2.67 bits per heavy atom. The van der Waals surface area contributed by atoms with Crippen molar-refractivity contribution in [3.05, 3.63) is 42.4 Å². The Hall–Kier alpha value is -1.88. The predicted octanol–water partition coefficient (Wildman–Crippen LogP) is 2.31. The van der Waals surface area contributed by atoms with Crippen molar-refractivity contribution in [1.82, 2.24) is 10.2 Å². The van der Waals surface area contributed by atoms with E-state index >= 15 is 0 Å². The topological polar surface area (TPSA) is 58.6 Å². The van der Waals surface area contributed by atoms with Gasteiger partial charge in [0.25, 0.3) is 0 Å². The second-order valence-corrected chi connectivity index (χ2v) is 6.07. The first-order valence-corrected chi connectivity index (χ1v) is 8.72. The zero-order chi connectivity index (χ0) is 17.4. The van der Waals surface area contributed by atoms with Crippen LogP contribution in [0.3, 0.4) is 0 Å². The fraction of sp³-hybridized carbons (Fsp3) is 0.526. The van der Waals surface area contributed by atoms with Crippen LogP contribution in [0.5, 0.6) is 0 Å². The van der Waals surface area contributed by atoms with Crippen molar-refractivity contribution in [2.24, 2.45) is 0 Å². The normalized spacial score (nSPS) is 16.7. The zero-order valence-corrected chi connectivity index (χ0v) is 14.5. The lowest BCUT2D eigenvalue weighted by molar-refractivity contribution is -0.146. The molecule has 1 heterocycles. The van der Waals surface area contributed by atoms with Crippen LogP contribution in [-0.4, -0.2) is 42.0 Å². The van der Waals surface area contributed by atoms with Crippen LogP contribution < -0.4 is 5.32 Å². The van der Waals surface area contributed by atoms with E-state index in [1.165, 1.54) is 5.56 Å². The number of nitrogens with one attached hydrogen (secondary N) is 1. The molecule has 2 atom stereocenters. The molecular formula is C19H27N2O3. The van der Waals surface area contributed by atoms with Crippen LogP contribution >= 0.6 is 0 Å². The number of aryl methyl sites for hydroxylation is 1. The van der Waals surface area contributed by atoms with Gasteiger partial charge in [0.15, 0.2) is 0 Å². The molecule has 1 fully saturated rings. The highest BCUT2D eigenvalue weighted by Crippen LogP contribution is 2.14. The predicted molar refractivity (Wildman–Crippen MR) is 93.0 cm³/mol. The van der Waals surface area contributed by atoms with Gasteiger partial charge in [-0.25, -0.2) is 0 Å². The lowest BCUT2D eigenvalue weighted by atomic mass is 10.0. The van der Waals surface area contributed by atoms with Crippen molar-refractivity contribution in [3.8, 4) is 0 Å². The zero-order valence-electron chi connectivity index (χ0n) is 14.5. The van der Waals surface area contributed by atoms with Crippen LogP contribution in [0.2, 0.25) is 0 Å². The van der Waals surface area contributed by atoms with E-state index in [2.05, 4.69) is 5.32 Å². The van der Waals surface area contributed by atoms with E-state index in [4.69, 9.17) is 4.74 Å². The van der Waals surface area contributed by atoms with Gasteiger partial charge in [0.1, 0.15) is 6.04 Å². The second-order valence-electron chi connectivity index (χ2n) is 6.07. The number of carbonyl (C=O) groups excluding carboxylic acids is 2. The third-order valence-corrected chi connectivity index (χ3v) is 4.19. The first kappa shape index (κ1) is 18.5. The summed E-state index contributed by atoms with van der Waals surface area (Å²) in [5.41, 5.74) is 1.17. The van der Waals surface area contributed by atoms with E-state index in [-0.39, 0.29) is 11.9 Å². The van der Waals surface area contributed by atoms with Crippen molar-refractivity contribution in [2.45, 2.75) is 51.6 Å². The van der Waals surface area contributed by atoms with E-state index in [9.17, 15) is 9.59 Å². The molecule has 2 rings (SSSR count). The molecule has 0 aliphatic carbocycles. The fourth-order valence-corrected chi connectivity index (χ4v) is 2.89. The van der Waals surface area contributed by atoms with E-state index in [1.807, 2.05) is 43.8 Å². The summed E-state index contributed by atoms with van der Waals surface area (Å²) in [4.78, 5) is 26.4. The number of esters is 1. The van der Waals surface area contributed by atoms with E-state index < -0.39 is 12.1 Å². The van der Waals surface area contributed by atoms with Gasteiger partial charge in [-0.15, -0.1) is 0 Å². The van der Waals surface area contributed by atoms with Gasteiger partial charge in [-0.2, -0.15) is 0 Å². The number of rotatable bonds is 8. The molecule has 0 spiro atoms. The minimum atomic E-state index is -0.480. The summed E-state index contributed by atoms with van der Waals surface area (Å²) in [5.74, 6) is -0.278. The Balaban J connectivity index is 1.94. The summed E-state index contributed by atoms with van der Waals surface area (Å²) in [7, 11) is 0. The number of nitrogens with zero attached hydrogens (tertiary/aromatic N) is 1. The van der Waals surface area contributed by atoms with Crippen molar-refractivity contribution in [1.29, 1.82) is 0 Å². The molecule has 1 aromatic rings. The lowest BCUT2D eigenvalue weighted by Gasteiger charge is -2.25. The summed E-state index contributed by atoms with van der Waals surface area (Å²) in [6, 6.07) is 9.12. The molecule has 1 saturated heterocycles. The Morgan fingerprint density at radius 1 is 1.29 bits per heavy atom. The Kier molecular flexibility index (Phi) is 7.25. The van der Waals surface area contributed by atoms with Crippen molar-refractivity contribution in [3.63, 3.8) is 0 Å². The molecule has 5 heteroatoms. The highest BCUT2D eigenvalue weighted by molar-refractivity contribution is 5.84. The van der Waals surface area contributed by atoms with Gasteiger partial charge >= 0.3 is 5.97 Å². The second kappa shape index (κ2) is 9.42. The molecular weight excluding hydrogens is 304 g/mol. The number of likely N-dealkylation sites (tertiary alicyclic amines) is 1. The minimum Gasteiger partial charge on any atom is -0.465 e. The first-order chi connectivity index (χ1) is 11.6. The number of benzene rings is 1. The maximum absolute atomic E-state index is 12.4. The molecule has 1 aliphatic heterocycles. The molecule has 5 nitrogen and oxygen atoms in total. The van der Waals surface area contributed by atoms with Gasteiger partial charge in [0.05, 0.1) is 19.2 Å². The average molecular weight is 331 g/mol. The molecule has 1 aliphatic rings. The van der Waals surface area contributed by atoms with Crippen molar-refractivity contribution < 1.29 is 14.3 Å². The number of ether oxygens (including phenoxy) is 1. The van der Waals surface area contributed by atoms with E-state index in [1.54, 1.807) is 11.8 Å². The van der Waals surface area contributed by atoms with E-state index in [0.717, 1.165) is 25.8 Å². The lowest BCUT2D eigenvalue weighted by Crippen LogP contribution is -2.50. The highest BCUT2D eigenvalue weighted by Gasteiger charge is 2.28. The Bertz CT molecular complexity index is 527. The van der Waals surface area contributed by atoms with Crippen LogP contribution in [0.15, 0.2) is 30.3 Å². The highest BCUT2D eigenvalue weighted by atomic mass is 16.5. The third-order valence-electron chi connectivity index (χ3n) is 4.19. The van der Waals surface area contributed by atoms with Gasteiger partial charge in [0, 0.05) is 6.54 Å². The fourth-order valence-electron chi connectivity index (χ4n) is 2.89. The van der Waals surface area contributed by atoms with Crippen LogP contribution in [0.1, 0.15) is 38.7 Å². The molecule has 1 radical (unpaired) electrons. The summed E-state index contributed by atoms with van der Waals surface area (Å²) in [6.07, 6.45) is 3.31. The monoisotopic (exact) mass is 331 g/mol. The van der Waals surface area contributed by atoms with Crippen molar-refractivity contribution >= 4 is 11.9 Å². The number of hydrogen-bond donors (Lipinski definition) is 1. The first-order valence-electron chi connectivity index (χ1n) is 8.72. The van der Waals surface area contributed by atoms with Crippen LogP contribution in [0.4, 0.5) is 0 Å². The summed E-state index contributed by atoms with van der Waals surface area (Å²) in [5, 5.41) is 3.16. The largest absolute Gasteiger partial charge is 0.465 e. The number of carbonyl (C=O) groups is 2. The van der Waals surface area contributed by atoms with Crippen LogP contribution in [-0.2, 0) is 20.7 Å². The van der Waals surface area contributed by atoms with Crippen LogP contribution in [0.25, 0.3) is 0 Å². The van der Waals surface area contributed by atoms with Gasteiger partial charge in [-0.3, -0.25) is 14.9 Å². The molecule has 0 bridgehead atoms. The molecule has 0 saturated carbocycles. The third kappa shape index (κ3) is 5.34. The molecule has 1 aromatic carbocycles. The van der Waals surface area contributed by atoms with Gasteiger partial charge < -0.3 is 9.64 Å². The minimum absolute atomic E-state index is 0.0153.